The first kappa shape index (κ1) is 24.5. The smallest absolute Gasteiger partial charge is 0.191 e. The van der Waals surface area contributed by atoms with Gasteiger partial charge in [0.15, 0.2) is 5.96 Å². The molecular formula is C23H34IN7O. The van der Waals surface area contributed by atoms with Gasteiger partial charge in [-0.15, -0.1) is 24.0 Å². The molecule has 9 heteroatoms. The molecule has 0 radical (unpaired) electrons. The van der Waals surface area contributed by atoms with Crippen LogP contribution in [0.25, 0.3) is 0 Å². The van der Waals surface area contributed by atoms with Crippen LogP contribution >= 0.6 is 24.0 Å². The molecule has 4 heterocycles. The highest BCUT2D eigenvalue weighted by atomic mass is 127. The van der Waals surface area contributed by atoms with Crippen molar-refractivity contribution in [3.05, 3.63) is 48.3 Å². The third-order valence-corrected chi connectivity index (χ3v) is 5.87. The molecule has 32 heavy (non-hydrogen) atoms. The molecular weight excluding hydrogens is 517 g/mol. The highest BCUT2D eigenvalue weighted by molar-refractivity contribution is 14.0. The van der Waals surface area contributed by atoms with Crippen LogP contribution in [0.15, 0.2) is 47.7 Å². The summed E-state index contributed by atoms with van der Waals surface area (Å²) in [6.07, 6.45) is 6.10. The van der Waals surface area contributed by atoms with E-state index < -0.39 is 0 Å². The Bertz CT molecular complexity index is 858. The first-order valence-corrected chi connectivity index (χ1v) is 11.2. The van der Waals surface area contributed by atoms with E-state index in [0.717, 1.165) is 63.2 Å². The quantitative estimate of drug-likeness (QED) is 0.336. The molecule has 0 aromatic carbocycles. The number of piperidine rings is 1. The number of nitrogens with zero attached hydrogens (tertiary/aromatic N) is 5. The van der Waals surface area contributed by atoms with Gasteiger partial charge in [-0.05, 0) is 49.6 Å². The Morgan fingerprint density at radius 3 is 2.62 bits per heavy atom. The lowest BCUT2D eigenvalue weighted by Gasteiger charge is -2.33. The largest absolute Gasteiger partial charge is 0.375 e. The number of rotatable bonds is 5. The van der Waals surface area contributed by atoms with Gasteiger partial charge in [0.25, 0.3) is 0 Å². The van der Waals surface area contributed by atoms with Crippen molar-refractivity contribution in [3.8, 4) is 0 Å². The van der Waals surface area contributed by atoms with Gasteiger partial charge in [0.05, 0.1) is 12.7 Å². The zero-order chi connectivity index (χ0) is 21.5. The molecule has 0 saturated carbocycles. The standard InChI is InChI=1S/C23H33N7O.HI/c1-18-17-30(13-14-31-18)22-15-19(6-10-26-22)16-27-23(24-2)28-20-7-11-29(12-8-20)21-5-3-4-9-25-21;/h3-6,9-10,15,18,20H,7-8,11-14,16-17H2,1-2H3,(H2,24,27,28);1H. The Morgan fingerprint density at radius 1 is 1.09 bits per heavy atom. The van der Waals surface area contributed by atoms with Crippen LogP contribution in [0.1, 0.15) is 25.3 Å². The van der Waals surface area contributed by atoms with Crippen molar-refractivity contribution in [1.29, 1.82) is 0 Å². The molecule has 2 aromatic heterocycles. The lowest BCUT2D eigenvalue weighted by atomic mass is 10.1. The third-order valence-electron chi connectivity index (χ3n) is 5.87. The van der Waals surface area contributed by atoms with Crippen molar-refractivity contribution in [2.24, 2.45) is 4.99 Å². The Balaban J connectivity index is 0.00000289. The number of nitrogens with one attached hydrogen (secondary N) is 2. The number of hydrogen-bond acceptors (Lipinski definition) is 6. The highest BCUT2D eigenvalue weighted by Crippen LogP contribution is 2.18. The predicted molar refractivity (Wildman–Crippen MR) is 140 cm³/mol. The van der Waals surface area contributed by atoms with E-state index in [1.165, 1.54) is 5.56 Å². The molecule has 2 aliphatic rings. The molecule has 2 aliphatic heterocycles. The fourth-order valence-corrected chi connectivity index (χ4v) is 4.14. The van der Waals surface area contributed by atoms with Crippen molar-refractivity contribution in [2.45, 2.75) is 38.5 Å². The number of anilines is 2. The maximum Gasteiger partial charge on any atom is 0.191 e. The van der Waals surface area contributed by atoms with Gasteiger partial charge in [-0.2, -0.15) is 0 Å². The van der Waals surface area contributed by atoms with Crippen molar-refractivity contribution in [3.63, 3.8) is 0 Å². The number of guanidine groups is 1. The average Bonchev–Trinajstić information content (AvgIpc) is 2.83. The summed E-state index contributed by atoms with van der Waals surface area (Å²) >= 11 is 0. The summed E-state index contributed by atoms with van der Waals surface area (Å²) in [5, 5.41) is 7.04. The van der Waals surface area contributed by atoms with Crippen LogP contribution in [0.4, 0.5) is 11.6 Å². The first-order valence-electron chi connectivity index (χ1n) is 11.2. The van der Waals surface area contributed by atoms with Gasteiger partial charge >= 0.3 is 0 Å². The molecule has 2 saturated heterocycles. The molecule has 174 valence electrons. The van der Waals surface area contributed by atoms with Gasteiger partial charge < -0.3 is 25.2 Å². The van der Waals surface area contributed by atoms with Crippen molar-refractivity contribution >= 4 is 41.6 Å². The number of aromatic nitrogens is 2. The molecule has 1 unspecified atom stereocenters. The number of ether oxygens (including phenoxy) is 1. The lowest BCUT2D eigenvalue weighted by molar-refractivity contribution is 0.0529. The van der Waals surface area contributed by atoms with Crippen LogP contribution in [0, 0.1) is 0 Å². The molecule has 0 spiro atoms. The first-order chi connectivity index (χ1) is 15.2. The fraction of sp³-hybridized carbons (Fsp3) is 0.522. The van der Waals surface area contributed by atoms with Gasteiger partial charge in [-0.1, -0.05) is 6.07 Å². The van der Waals surface area contributed by atoms with E-state index in [9.17, 15) is 0 Å². The van der Waals surface area contributed by atoms with Crippen LogP contribution < -0.4 is 20.4 Å². The normalized spacial score (nSPS) is 19.9. The van der Waals surface area contributed by atoms with Crippen molar-refractivity contribution in [1.82, 2.24) is 20.6 Å². The maximum absolute atomic E-state index is 5.64. The molecule has 2 N–H and O–H groups in total. The van der Waals surface area contributed by atoms with E-state index in [4.69, 9.17) is 4.74 Å². The van der Waals surface area contributed by atoms with Gasteiger partial charge in [0, 0.05) is 58.2 Å². The zero-order valence-electron chi connectivity index (χ0n) is 18.9. The molecule has 0 bridgehead atoms. The van der Waals surface area contributed by atoms with E-state index in [2.05, 4.69) is 60.5 Å². The topological polar surface area (TPSA) is 77.9 Å². The average molecular weight is 551 g/mol. The van der Waals surface area contributed by atoms with Crippen LogP contribution in [-0.4, -0.2) is 67.9 Å². The Hall–Kier alpha value is -2.14. The SMILES string of the molecule is CN=C(NCc1ccnc(N2CCOC(C)C2)c1)NC1CCN(c2ccccn2)CC1.I. The number of hydrogen-bond donors (Lipinski definition) is 2. The van der Waals surface area contributed by atoms with Gasteiger partial charge in [0.2, 0.25) is 0 Å². The summed E-state index contributed by atoms with van der Waals surface area (Å²) < 4.78 is 5.64. The molecule has 0 aliphatic carbocycles. The van der Waals surface area contributed by atoms with Gasteiger partial charge in [-0.25, -0.2) is 9.97 Å². The minimum absolute atomic E-state index is 0. The molecule has 2 fully saturated rings. The number of halogens is 1. The summed E-state index contributed by atoms with van der Waals surface area (Å²) in [6, 6.07) is 10.7. The zero-order valence-corrected chi connectivity index (χ0v) is 21.2. The van der Waals surface area contributed by atoms with Crippen LogP contribution in [-0.2, 0) is 11.3 Å². The van der Waals surface area contributed by atoms with Gasteiger partial charge in [0.1, 0.15) is 11.6 Å². The second kappa shape index (κ2) is 12.2. The highest BCUT2D eigenvalue weighted by Gasteiger charge is 2.21. The molecule has 1 atom stereocenters. The third kappa shape index (κ3) is 6.68. The summed E-state index contributed by atoms with van der Waals surface area (Å²) in [4.78, 5) is 18.1. The van der Waals surface area contributed by atoms with Crippen molar-refractivity contribution in [2.75, 3.05) is 49.6 Å². The monoisotopic (exact) mass is 551 g/mol. The molecule has 8 nitrogen and oxygen atoms in total. The number of morpholine rings is 1. The predicted octanol–water partition coefficient (Wildman–Crippen LogP) is 2.65. The summed E-state index contributed by atoms with van der Waals surface area (Å²) in [5.74, 6) is 2.92. The summed E-state index contributed by atoms with van der Waals surface area (Å²) in [7, 11) is 1.82. The molecule has 4 rings (SSSR count). The van der Waals surface area contributed by atoms with Crippen LogP contribution in [0.2, 0.25) is 0 Å². The number of pyridine rings is 2. The van der Waals surface area contributed by atoms with E-state index in [-0.39, 0.29) is 30.1 Å². The second-order valence-electron chi connectivity index (χ2n) is 8.17. The Morgan fingerprint density at radius 2 is 1.91 bits per heavy atom. The van der Waals surface area contributed by atoms with Crippen LogP contribution in [0.5, 0.6) is 0 Å². The Kier molecular flexibility index (Phi) is 9.34. The second-order valence-corrected chi connectivity index (χ2v) is 8.17. The Labute approximate surface area is 207 Å². The van der Waals surface area contributed by atoms with E-state index in [1.807, 2.05) is 31.6 Å². The molecule has 0 amide bonds. The maximum atomic E-state index is 5.64. The van der Waals surface area contributed by atoms with E-state index in [1.54, 1.807) is 0 Å². The minimum Gasteiger partial charge on any atom is -0.375 e. The molecule has 2 aromatic rings. The van der Waals surface area contributed by atoms with Gasteiger partial charge in [-0.3, -0.25) is 4.99 Å². The number of aliphatic imine (C=N–C) groups is 1. The minimum atomic E-state index is 0. The van der Waals surface area contributed by atoms with Crippen LogP contribution in [0.3, 0.4) is 0 Å². The summed E-state index contributed by atoms with van der Waals surface area (Å²) in [5.41, 5.74) is 1.19. The van der Waals surface area contributed by atoms with E-state index >= 15 is 0 Å². The van der Waals surface area contributed by atoms with Crippen molar-refractivity contribution < 1.29 is 4.74 Å². The lowest BCUT2D eigenvalue weighted by Crippen LogP contribution is -2.48. The fourth-order valence-electron chi connectivity index (χ4n) is 4.14. The van der Waals surface area contributed by atoms with E-state index in [0.29, 0.717) is 12.6 Å². The summed E-state index contributed by atoms with van der Waals surface area (Å²) in [6.45, 7) is 7.32.